The average Bonchev–Trinajstić information content (AvgIpc) is 2.49. The molecule has 0 saturated heterocycles. The van der Waals surface area contributed by atoms with Gasteiger partial charge < -0.3 is 10.1 Å². The molecule has 112 valence electrons. The fraction of sp³-hybridized carbons (Fsp3) is 0.333. The van der Waals surface area contributed by atoms with E-state index >= 15 is 0 Å². The first-order chi connectivity index (χ1) is 10.1. The highest BCUT2D eigenvalue weighted by atomic mass is 79.9. The maximum Gasteiger partial charge on any atom is 0.119 e. The lowest BCUT2D eigenvalue weighted by atomic mass is 10.1. The Kier molecular flexibility index (Phi) is 5.83. The largest absolute Gasteiger partial charge is 0.494 e. The highest BCUT2D eigenvalue weighted by Gasteiger charge is 2.06. The quantitative estimate of drug-likeness (QED) is 0.793. The van der Waals surface area contributed by atoms with E-state index in [4.69, 9.17) is 4.74 Å². The van der Waals surface area contributed by atoms with Crippen molar-refractivity contribution in [3.05, 3.63) is 63.6 Å². The van der Waals surface area contributed by atoms with Gasteiger partial charge in [0.05, 0.1) is 6.61 Å². The zero-order chi connectivity index (χ0) is 15.2. The molecule has 0 spiro atoms. The second kappa shape index (κ2) is 7.62. The molecular weight excluding hydrogens is 326 g/mol. The minimum atomic E-state index is 0.306. The number of nitrogens with one attached hydrogen (secondary N) is 1. The Bertz CT molecular complexity index is 580. The molecule has 0 radical (unpaired) electrons. The predicted octanol–water partition coefficient (Wildman–Crippen LogP) is 5.01. The van der Waals surface area contributed by atoms with Gasteiger partial charge >= 0.3 is 0 Å². The summed E-state index contributed by atoms with van der Waals surface area (Å²) >= 11 is 3.58. The molecule has 2 aromatic rings. The molecule has 2 rings (SSSR count). The minimum Gasteiger partial charge on any atom is -0.494 e. The van der Waals surface area contributed by atoms with Crippen LogP contribution in [0.2, 0.25) is 0 Å². The van der Waals surface area contributed by atoms with Crippen molar-refractivity contribution in [3.8, 4) is 5.75 Å². The molecule has 0 saturated carbocycles. The van der Waals surface area contributed by atoms with Crippen molar-refractivity contribution in [3.63, 3.8) is 0 Å². The fourth-order valence-electron chi connectivity index (χ4n) is 2.15. The molecule has 0 aliphatic carbocycles. The second-order valence-electron chi connectivity index (χ2n) is 5.19. The molecule has 0 heterocycles. The van der Waals surface area contributed by atoms with Gasteiger partial charge in [0.2, 0.25) is 0 Å². The number of hydrogen-bond acceptors (Lipinski definition) is 2. The summed E-state index contributed by atoms with van der Waals surface area (Å²) in [5, 5.41) is 3.55. The van der Waals surface area contributed by atoms with Crippen LogP contribution < -0.4 is 10.1 Å². The van der Waals surface area contributed by atoms with Crippen LogP contribution in [0.1, 0.15) is 36.6 Å². The van der Waals surface area contributed by atoms with E-state index in [0.717, 1.165) is 16.8 Å². The number of rotatable bonds is 6. The van der Waals surface area contributed by atoms with Crippen molar-refractivity contribution in [1.29, 1.82) is 0 Å². The number of hydrogen-bond donors (Lipinski definition) is 1. The molecule has 0 aliphatic heterocycles. The van der Waals surface area contributed by atoms with Gasteiger partial charge in [-0.1, -0.05) is 40.2 Å². The topological polar surface area (TPSA) is 21.3 Å². The van der Waals surface area contributed by atoms with E-state index in [0.29, 0.717) is 12.6 Å². The molecule has 1 atom stereocenters. The zero-order valence-electron chi connectivity index (χ0n) is 12.8. The Morgan fingerprint density at radius 2 is 1.86 bits per heavy atom. The molecule has 0 aromatic heterocycles. The Hall–Kier alpha value is -1.32. The Morgan fingerprint density at radius 1 is 1.14 bits per heavy atom. The molecule has 1 unspecified atom stereocenters. The van der Waals surface area contributed by atoms with Crippen LogP contribution in [0, 0.1) is 6.92 Å². The maximum absolute atomic E-state index is 5.47. The third kappa shape index (κ3) is 4.58. The van der Waals surface area contributed by atoms with Crippen LogP contribution in [0.25, 0.3) is 0 Å². The summed E-state index contributed by atoms with van der Waals surface area (Å²) in [6.45, 7) is 7.84. The van der Waals surface area contributed by atoms with Crippen LogP contribution >= 0.6 is 15.9 Å². The fourth-order valence-corrected chi connectivity index (χ4v) is 2.58. The van der Waals surface area contributed by atoms with Crippen LogP contribution in [-0.2, 0) is 6.54 Å². The summed E-state index contributed by atoms with van der Waals surface area (Å²) in [7, 11) is 0. The summed E-state index contributed by atoms with van der Waals surface area (Å²) < 4.78 is 6.63. The van der Waals surface area contributed by atoms with Crippen molar-refractivity contribution in [2.75, 3.05) is 6.61 Å². The van der Waals surface area contributed by atoms with Gasteiger partial charge in [0.25, 0.3) is 0 Å². The first-order valence-corrected chi connectivity index (χ1v) is 8.10. The zero-order valence-corrected chi connectivity index (χ0v) is 14.4. The summed E-state index contributed by atoms with van der Waals surface area (Å²) in [5.41, 5.74) is 3.81. The lowest BCUT2D eigenvalue weighted by Crippen LogP contribution is -2.18. The van der Waals surface area contributed by atoms with E-state index in [2.05, 4.69) is 65.4 Å². The van der Waals surface area contributed by atoms with Gasteiger partial charge in [0, 0.05) is 17.1 Å². The summed E-state index contributed by atoms with van der Waals surface area (Å²) in [6.07, 6.45) is 0. The van der Waals surface area contributed by atoms with Crippen LogP contribution in [0.15, 0.2) is 46.9 Å². The van der Waals surface area contributed by atoms with Crippen LogP contribution in [0.5, 0.6) is 5.75 Å². The lowest BCUT2D eigenvalue weighted by molar-refractivity contribution is 0.340. The van der Waals surface area contributed by atoms with E-state index in [1.54, 1.807) is 0 Å². The van der Waals surface area contributed by atoms with Crippen molar-refractivity contribution in [1.82, 2.24) is 5.32 Å². The summed E-state index contributed by atoms with van der Waals surface area (Å²) in [5.74, 6) is 0.927. The van der Waals surface area contributed by atoms with Gasteiger partial charge in [-0.2, -0.15) is 0 Å². The van der Waals surface area contributed by atoms with Gasteiger partial charge in [0.15, 0.2) is 0 Å². The van der Waals surface area contributed by atoms with Crippen molar-refractivity contribution < 1.29 is 4.74 Å². The van der Waals surface area contributed by atoms with Gasteiger partial charge in [-0.3, -0.25) is 0 Å². The van der Waals surface area contributed by atoms with Crippen LogP contribution in [-0.4, -0.2) is 6.61 Å². The smallest absolute Gasteiger partial charge is 0.119 e. The van der Waals surface area contributed by atoms with Gasteiger partial charge in [-0.25, -0.2) is 0 Å². The monoisotopic (exact) mass is 347 g/mol. The van der Waals surface area contributed by atoms with Gasteiger partial charge in [-0.05, 0) is 55.7 Å². The lowest BCUT2D eigenvalue weighted by Gasteiger charge is -2.15. The molecule has 2 nitrogen and oxygen atoms in total. The second-order valence-corrected chi connectivity index (χ2v) is 6.04. The molecule has 0 amide bonds. The number of halogens is 1. The standard InChI is InChI=1S/C18H22BrNO/c1-4-21-17-9-7-16(8-10-17)14(3)20-12-15-6-5-13(2)18(19)11-15/h5-11,14,20H,4,12H2,1-3H3. The van der Waals surface area contributed by atoms with E-state index in [1.807, 2.05) is 19.1 Å². The molecule has 0 fully saturated rings. The van der Waals surface area contributed by atoms with E-state index in [1.165, 1.54) is 16.7 Å². The van der Waals surface area contributed by atoms with Gasteiger partial charge in [-0.15, -0.1) is 0 Å². The normalized spacial score (nSPS) is 12.2. The van der Waals surface area contributed by atoms with Crippen LogP contribution in [0.3, 0.4) is 0 Å². The van der Waals surface area contributed by atoms with Crippen molar-refractivity contribution >= 4 is 15.9 Å². The SMILES string of the molecule is CCOc1ccc(C(C)NCc2ccc(C)c(Br)c2)cc1. The molecular formula is C18H22BrNO. The number of aryl methyl sites for hydroxylation is 1. The molecule has 3 heteroatoms. The molecule has 0 bridgehead atoms. The Labute approximate surface area is 135 Å². The minimum absolute atomic E-state index is 0.306. The molecule has 21 heavy (non-hydrogen) atoms. The molecule has 0 aliphatic rings. The van der Waals surface area contributed by atoms with E-state index in [-0.39, 0.29) is 0 Å². The summed E-state index contributed by atoms with van der Waals surface area (Å²) in [6, 6.07) is 15.1. The number of ether oxygens (including phenoxy) is 1. The summed E-state index contributed by atoms with van der Waals surface area (Å²) in [4.78, 5) is 0. The first kappa shape index (κ1) is 16.1. The van der Waals surface area contributed by atoms with E-state index < -0.39 is 0 Å². The highest BCUT2D eigenvalue weighted by molar-refractivity contribution is 9.10. The predicted molar refractivity (Wildman–Crippen MR) is 91.7 cm³/mol. The third-order valence-electron chi connectivity index (χ3n) is 3.54. The molecule has 1 N–H and O–H groups in total. The van der Waals surface area contributed by atoms with Crippen molar-refractivity contribution in [2.24, 2.45) is 0 Å². The molecule has 2 aromatic carbocycles. The Morgan fingerprint density at radius 3 is 2.48 bits per heavy atom. The van der Waals surface area contributed by atoms with E-state index in [9.17, 15) is 0 Å². The maximum atomic E-state index is 5.47. The third-order valence-corrected chi connectivity index (χ3v) is 4.39. The average molecular weight is 348 g/mol. The Balaban J connectivity index is 1.94. The highest BCUT2D eigenvalue weighted by Crippen LogP contribution is 2.20. The van der Waals surface area contributed by atoms with Gasteiger partial charge in [0.1, 0.15) is 5.75 Å². The van der Waals surface area contributed by atoms with Crippen molar-refractivity contribution in [2.45, 2.75) is 33.4 Å². The number of benzene rings is 2. The van der Waals surface area contributed by atoms with Crippen LogP contribution in [0.4, 0.5) is 0 Å². The first-order valence-electron chi connectivity index (χ1n) is 7.31.